The zero-order valence-electron chi connectivity index (χ0n) is 9.80. The number of imide groups is 1. The molecular weight excluding hydrogens is 274 g/mol. The van der Waals surface area contributed by atoms with Crippen LogP contribution in [0.25, 0.3) is 0 Å². The molecule has 0 bridgehead atoms. The Hall–Kier alpha value is -1.01. The summed E-state index contributed by atoms with van der Waals surface area (Å²) in [6.45, 7) is 2.30. The second-order valence-electron chi connectivity index (χ2n) is 5.00. The van der Waals surface area contributed by atoms with Gasteiger partial charge in [0, 0.05) is 0 Å². The SMILES string of the molecule is CC1CC2C(=O)N(Cc3nnc(Cl)s3)C(=O)C2C1. The van der Waals surface area contributed by atoms with Crippen LogP contribution in [0, 0.1) is 17.8 Å². The Morgan fingerprint density at radius 1 is 1.28 bits per heavy atom. The van der Waals surface area contributed by atoms with Gasteiger partial charge in [0.25, 0.3) is 0 Å². The first-order valence-electron chi connectivity index (χ1n) is 5.89. The zero-order chi connectivity index (χ0) is 12.9. The van der Waals surface area contributed by atoms with E-state index in [9.17, 15) is 9.59 Å². The highest BCUT2D eigenvalue weighted by Crippen LogP contribution is 2.43. The lowest BCUT2D eigenvalue weighted by molar-refractivity contribution is -0.141. The lowest BCUT2D eigenvalue weighted by atomic mass is 10.00. The average molecular weight is 286 g/mol. The Labute approximate surface area is 113 Å². The predicted octanol–water partition coefficient (Wildman–Crippen LogP) is 1.72. The highest BCUT2D eigenvalue weighted by Gasteiger charge is 2.51. The van der Waals surface area contributed by atoms with Crippen molar-refractivity contribution in [1.29, 1.82) is 0 Å². The van der Waals surface area contributed by atoms with Gasteiger partial charge in [0.05, 0.1) is 18.4 Å². The minimum absolute atomic E-state index is 0.0549. The normalized spacial score (nSPS) is 31.2. The molecule has 2 fully saturated rings. The van der Waals surface area contributed by atoms with Gasteiger partial charge >= 0.3 is 0 Å². The molecule has 0 radical (unpaired) electrons. The third-order valence-electron chi connectivity index (χ3n) is 3.70. The molecule has 2 heterocycles. The predicted molar refractivity (Wildman–Crippen MR) is 65.9 cm³/mol. The molecule has 7 heteroatoms. The van der Waals surface area contributed by atoms with Crippen molar-refractivity contribution in [3.05, 3.63) is 9.47 Å². The van der Waals surface area contributed by atoms with E-state index in [-0.39, 0.29) is 30.2 Å². The number of nitrogens with zero attached hydrogens (tertiary/aromatic N) is 3. The van der Waals surface area contributed by atoms with E-state index in [1.54, 1.807) is 0 Å². The highest BCUT2D eigenvalue weighted by molar-refractivity contribution is 7.15. The maximum absolute atomic E-state index is 12.2. The first-order chi connectivity index (χ1) is 8.56. The van der Waals surface area contributed by atoms with Gasteiger partial charge in [0.2, 0.25) is 16.3 Å². The molecule has 0 N–H and O–H groups in total. The topological polar surface area (TPSA) is 63.2 Å². The van der Waals surface area contributed by atoms with E-state index in [0.717, 1.165) is 12.8 Å². The summed E-state index contributed by atoms with van der Waals surface area (Å²) in [7, 11) is 0. The van der Waals surface area contributed by atoms with Gasteiger partial charge in [0.15, 0.2) is 0 Å². The van der Waals surface area contributed by atoms with E-state index in [2.05, 4.69) is 17.1 Å². The van der Waals surface area contributed by atoms with Crippen molar-refractivity contribution in [3.63, 3.8) is 0 Å². The van der Waals surface area contributed by atoms with Gasteiger partial charge in [-0.3, -0.25) is 14.5 Å². The molecule has 1 aromatic heterocycles. The van der Waals surface area contributed by atoms with Gasteiger partial charge in [-0.15, -0.1) is 10.2 Å². The van der Waals surface area contributed by atoms with Crippen LogP contribution < -0.4 is 0 Å². The minimum atomic E-state index is -0.115. The molecule has 0 aromatic carbocycles. The first kappa shape index (κ1) is 12.0. The number of hydrogen-bond donors (Lipinski definition) is 0. The summed E-state index contributed by atoms with van der Waals surface area (Å²) >= 11 is 6.89. The number of amides is 2. The molecule has 1 aromatic rings. The maximum atomic E-state index is 12.2. The molecule has 1 saturated heterocycles. The van der Waals surface area contributed by atoms with Crippen molar-refractivity contribution in [2.45, 2.75) is 26.3 Å². The monoisotopic (exact) mass is 285 g/mol. The van der Waals surface area contributed by atoms with E-state index in [1.807, 2.05) is 0 Å². The van der Waals surface area contributed by atoms with E-state index >= 15 is 0 Å². The largest absolute Gasteiger partial charge is 0.275 e. The van der Waals surface area contributed by atoms with Crippen LogP contribution in [0.5, 0.6) is 0 Å². The number of halogens is 1. The molecule has 3 rings (SSSR count). The fourth-order valence-corrected chi connectivity index (χ4v) is 3.79. The summed E-state index contributed by atoms with van der Waals surface area (Å²) in [6.07, 6.45) is 1.64. The zero-order valence-corrected chi connectivity index (χ0v) is 11.4. The van der Waals surface area contributed by atoms with Crippen molar-refractivity contribution in [2.75, 3.05) is 0 Å². The van der Waals surface area contributed by atoms with Crippen molar-refractivity contribution < 1.29 is 9.59 Å². The Morgan fingerprint density at radius 2 is 1.89 bits per heavy atom. The second-order valence-corrected chi connectivity index (χ2v) is 6.65. The van der Waals surface area contributed by atoms with Crippen molar-refractivity contribution in [1.82, 2.24) is 15.1 Å². The van der Waals surface area contributed by atoms with Crippen LogP contribution >= 0.6 is 22.9 Å². The molecule has 18 heavy (non-hydrogen) atoms. The van der Waals surface area contributed by atoms with Gasteiger partial charge in [-0.25, -0.2) is 0 Å². The fourth-order valence-electron chi connectivity index (χ4n) is 2.93. The number of rotatable bonds is 2. The van der Waals surface area contributed by atoms with Crippen LogP contribution in [0.2, 0.25) is 4.47 Å². The van der Waals surface area contributed by atoms with E-state index < -0.39 is 0 Å². The summed E-state index contributed by atoms with van der Waals surface area (Å²) < 4.78 is 0.331. The van der Waals surface area contributed by atoms with Crippen molar-refractivity contribution >= 4 is 34.8 Å². The highest BCUT2D eigenvalue weighted by atomic mass is 35.5. The van der Waals surface area contributed by atoms with Gasteiger partial charge in [-0.1, -0.05) is 18.3 Å². The van der Waals surface area contributed by atoms with E-state index in [1.165, 1.54) is 16.2 Å². The summed E-state index contributed by atoms with van der Waals surface area (Å²) in [6, 6.07) is 0. The molecular formula is C11H12ClN3O2S. The van der Waals surface area contributed by atoms with E-state index in [4.69, 9.17) is 11.6 Å². The molecule has 1 aliphatic carbocycles. The summed E-state index contributed by atoms with van der Waals surface area (Å²) in [4.78, 5) is 25.7. The van der Waals surface area contributed by atoms with Gasteiger partial charge in [-0.2, -0.15) is 0 Å². The van der Waals surface area contributed by atoms with Crippen LogP contribution in [-0.4, -0.2) is 26.9 Å². The molecule has 96 valence electrons. The molecule has 5 nitrogen and oxygen atoms in total. The lowest BCUT2D eigenvalue weighted by Gasteiger charge is -2.14. The molecule has 0 spiro atoms. The summed E-state index contributed by atoms with van der Waals surface area (Å²) in [5, 5.41) is 8.13. The molecule has 1 saturated carbocycles. The Bertz CT molecular complexity index is 494. The van der Waals surface area contributed by atoms with Crippen LogP contribution in [0.1, 0.15) is 24.8 Å². The number of carbonyl (C=O) groups excluding carboxylic acids is 2. The van der Waals surface area contributed by atoms with Crippen molar-refractivity contribution in [3.8, 4) is 0 Å². The molecule has 2 atom stereocenters. The van der Waals surface area contributed by atoms with Crippen LogP contribution in [-0.2, 0) is 16.1 Å². The second kappa shape index (κ2) is 4.28. The smallest absolute Gasteiger partial charge is 0.233 e. The number of aromatic nitrogens is 2. The van der Waals surface area contributed by atoms with Crippen LogP contribution in [0.4, 0.5) is 0 Å². The lowest BCUT2D eigenvalue weighted by Crippen LogP contribution is -2.31. The number of likely N-dealkylation sites (tertiary alicyclic amines) is 1. The maximum Gasteiger partial charge on any atom is 0.233 e. The Balaban J connectivity index is 1.79. The third kappa shape index (κ3) is 1.83. The molecule has 1 aliphatic heterocycles. The number of fused-ring (bicyclic) bond motifs is 1. The fraction of sp³-hybridized carbons (Fsp3) is 0.636. The third-order valence-corrected chi connectivity index (χ3v) is 4.70. The van der Waals surface area contributed by atoms with Crippen LogP contribution in [0.15, 0.2) is 0 Å². The molecule has 2 aliphatic rings. The van der Waals surface area contributed by atoms with Gasteiger partial charge in [-0.05, 0) is 30.4 Å². The summed E-state index contributed by atoms with van der Waals surface area (Å²) in [5.41, 5.74) is 0. The Morgan fingerprint density at radius 3 is 2.39 bits per heavy atom. The molecule has 2 unspecified atom stereocenters. The Kier molecular flexibility index (Phi) is 2.86. The van der Waals surface area contributed by atoms with E-state index in [0.29, 0.717) is 15.4 Å². The first-order valence-corrected chi connectivity index (χ1v) is 7.09. The number of hydrogen-bond acceptors (Lipinski definition) is 5. The molecule has 2 amide bonds. The number of carbonyl (C=O) groups is 2. The van der Waals surface area contributed by atoms with Crippen molar-refractivity contribution in [2.24, 2.45) is 17.8 Å². The van der Waals surface area contributed by atoms with Gasteiger partial charge < -0.3 is 0 Å². The quantitative estimate of drug-likeness (QED) is 0.776. The standard InChI is InChI=1S/C11H12ClN3O2S/c1-5-2-6-7(3-5)10(17)15(9(6)16)4-8-13-14-11(12)18-8/h5-7H,2-4H2,1H3. The van der Waals surface area contributed by atoms with Gasteiger partial charge in [0.1, 0.15) is 5.01 Å². The average Bonchev–Trinajstić information content (AvgIpc) is 2.95. The van der Waals surface area contributed by atoms with Crippen LogP contribution in [0.3, 0.4) is 0 Å². The minimum Gasteiger partial charge on any atom is -0.275 e. The summed E-state index contributed by atoms with van der Waals surface area (Å²) in [5.74, 6) is 0.124.